The number of thiophene rings is 1. The summed E-state index contributed by atoms with van der Waals surface area (Å²) in [5.74, 6) is -1.54. The lowest BCUT2D eigenvalue weighted by Gasteiger charge is -2.19. The van der Waals surface area contributed by atoms with E-state index in [4.69, 9.17) is 0 Å². The molecule has 0 spiro atoms. The van der Waals surface area contributed by atoms with Crippen molar-refractivity contribution in [1.29, 1.82) is 0 Å². The van der Waals surface area contributed by atoms with Gasteiger partial charge in [0.15, 0.2) is 9.84 Å². The predicted octanol–water partition coefficient (Wildman–Crippen LogP) is 1.72. The second kappa shape index (κ2) is 8.32. The van der Waals surface area contributed by atoms with Gasteiger partial charge in [0.25, 0.3) is 0 Å². The van der Waals surface area contributed by atoms with E-state index in [1.54, 1.807) is 29.6 Å². The van der Waals surface area contributed by atoms with E-state index < -0.39 is 26.9 Å². The summed E-state index contributed by atoms with van der Waals surface area (Å²) < 4.78 is 26.5. The number of nitrogens with zero attached hydrogens (tertiary/aromatic N) is 1. The molecule has 9 heteroatoms. The molecule has 2 N–H and O–H groups in total. The summed E-state index contributed by atoms with van der Waals surface area (Å²) in [6.07, 6.45) is 1.74. The summed E-state index contributed by atoms with van der Waals surface area (Å²) >= 11 is 1.13. The van der Waals surface area contributed by atoms with Crippen LogP contribution in [0.25, 0.3) is 0 Å². The molecule has 0 bridgehead atoms. The van der Waals surface area contributed by atoms with Gasteiger partial charge < -0.3 is 15.5 Å². The average Bonchev–Trinajstić information content (AvgIpc) is 3.29. The monoisotopic (exact) mass is 421 g/mol. The van der Waals surface area contributed by atoms with Gasteiger partial charge in [0.05, 0.1) is 0 Å². The first kappa shape index (κ1) is 20.3. The highest BCUT2D eigenvalue weighted by molar-refractivity contribution is 7.93. The second-order valence-electron chi connectivity index (χ2n) is 6.91. The maximum atomic E-state index is 13.1. The fraction of sp³-hybridized carbons (Fsp3) is 0.368. The van der Waals surface area contributed by atoms with Crippen LogP contribution in [0, 0.1) is 0 Å². The third kappa shape index (κ3) is 4.71. The topological polar surface area (TPSA) is 95.6 Å². The predicted molar refractivity (Wildman–Crippen MR) is 109 cm³/mol. The number of nitrogens with one attached hydrogen (secondary N) is 2. The Morgan fingerprint density at radius 3 is 2.36 bits per heavy atom. The number of benzene rings is 1. The minimum Gasteiger partial charge on any atom is -0.378 e. The van der Waals surface area contributed by atoms with Gasteiger partial charge in [0.2, 0.25) is 0 Å². The zero-order chi connectivity index (χ0) is 20.3. The summed E-state index contributed by atoms with van der Waals surface area (Å²) in [6.45, 7) is -0.182. The van der Waals surface area contributed by atoms with E-state index in [9.17, 15) is 18.0 Å². The van der Waals surface area contributed by atoms with E-state index in [-0.39, 0.29) is 16.8 Å². The molecule has 1 aromatic carbocycles. The van der Waals surface area contributed by atoms with E-state index in [1.807, 2.05) is 31.1 Å². The quantitative estimate of drug-likeness (QED) is 0.664. The summed E-state index contributed by atoms with van der Waals surface area (Å²) in [4.78, 5) is 25.9. The minimum absolute atomic E-state index is 0.0578. The van der Waals surface area contributed by atoms with Crippen LogP contribution in [0.3, 0.4) is 0 Å². The van der Waals surface area contributed by atoms with E-state index in [2.05, 4.69) is 10.6 Å². The van der Waals surface area contributed by atoms with Crippen molar-refractivity contribution in [3.05, 3.63) is 47.3 Å². The molecular weight excluding hydrogens is 398 g/mol. The van der Waals surface area contributed by atoms with Crippen molar-refractivity contribution < 1.29 is 18.0 Å². The lowest BCUT2D eigenvalue weighted by molar-refractivity contribution is -0.139. The van der Waals surface area contributed by atoms with Crippen molar-refractivity contribution in [3.63, 3.8) is 0 Å². The fourth-order valence-corrected chi connectivity index (χ4v) is 5.57. The van der Waals surface area contributed by atoms with Crippen molar-refractivity contribution in [3.8, 4) is 0 Å². The molecule has 1 saturated carbocycles. The van der Waals surface area contributed by atoms with Crippen LogP contribution in [0.15, 0.2) is 46.0 Å². The Labute approximate surface area is 168 Å². The lowest BCUT2D eigenvalue weighted by atomic mass is 10.1. The fourth-order valence-electron chi connectivity index (χ4n) is 2.70. The number of amides is 2. The Bertz CT molecular complexity index is 934. The first-order valence-corrected chi connectivity index (χ1v) is 11.3. The van der Waals surface area contributed by atoms with Crippen LogP contribution in [-0.2, 0) is 19.4 Å². The Morgan fingerprint density at radius 2 is 1.82 bits per heavy atom. The number of sulfone groups is 1. The summed E-state index contributed by atoms with van der Waals surface area (Å²) in [6, 6.07) is 10.4. The molecule has 2 aromatic rings. The molecule has 1 heterocycles. The van der Waals surface area contributed by atoms with Crippen LogP contribution in [0.5, 0.6) is 0 Å². The van der Waals surface area contributed by atoms with Crippen LogP contribution in [0.2, 0.25) is 0 Å². The van der Waals surface area contributed by atoms with Gasteiger partial charge in [-0.2, -0.15) is 0 Å². The minimum atomic E-state index is -3.72. The summed E-state index contributed by atoms with van der Waals surface area (Å²) in [5.41, 5.74) is 1.49. The zero-order valence-corrected chi connectivity index (χ0v) is 17.3. The molecule has 0 saturated heterocycles. The zero-order valence-electron chi connectivity index (χ0n) is 15.7. The van der Waals surface area contributed by atoms with Gasteiger partial charge in [-0.05, 0) is 42.0 Å². The Balaban J connectivity index is 1.82. The smallest absolute Gasteiger partial charge is 0.309 e. The molecule has 0 radical (unpaired) electrons. The van der Waals surface area contributed by atoms with Crippen LogP contribution >= 0.6 is 11.3 Å². The maximum Gasteiger partial charge on any atom is 0.309 e. The molecule has 3 rings (SSSR count). The second-order valence-corrected chi connectivity index (χ2v) is 10.2. The van der Waals surface area contributed by atoms with Gasteiger partial charge in [-0.3, -0.25) is 9.59 Å². The molecule has 150 valence electrons. The van der Waals surface area contributed by atoms with Gasteiger partial charge in [-0.25, -0.2) is 8.42 Å². The highest BCUT2D eigenvalue weighted by Gasteiger charge is 2.32. The van der Waals surface area contributed by atoms with Crippen LogP contribution in [0.4, 0.5) is 5.69 Å². The summed E-state index contributed by atoms with van der Waals surface area (Å²) in [5, 5.41) is 5.79. The highest BCUT2D eigenvalue weighted by atomic mass is 32.2. The molecule has 1 atom stereocenters. The van der Waals surface area contributed by atoms with Crippen molar-refractivity contribution in [2.75, 3.05) is 25.5 Å². The Hall–Kier alpha value is -2.39. The maximum absolute atomic E-state index is 13.1. The number of rotatable bonds is 7. The van der Waals surface area contributed by atoms with Crippen molar-refractivity contribution >= 4 is 38.7 Å². The van der Waals surface area contributed by atoms with E-state index >= 15 is 0 Å². The van der Waals surface area contributed by atoms with Crippen molar-refractivity contribution in [2.24, 2.45) is 0 Å². The number of anilines is 1. The molecule has 1 aliphatic carbocycles. The van der Waals surface area contributed by atoms with Gasteiger partial charge in [0, 0.05) is 32.4 Å². The van der Waals surface area contributed by atoms with Gasteiger partial charge in [0.1, 0.15) is 9.46 Å². The number of carbonyl (C=O) groups is 2. The van der Waals surface area contributed by atoms with Gasteiger partial charge in [-0.1, -0.05) is 18.2 Å². The Kier molecular flexibility index (Phi) is 6.04. The highest BCUT2D eigenvalue weighted by Crippen LogP contribution is 2.32. The normalized spacial score (nSPS) is 14.9. The molecular formula is C19H23N3O4S2. The molecule has 7 nitrogen and oxygen atoms in total. The van der Waals surface area contributed by atoms with Crippen LogP contribution in [0.1, 0.15) is 23.7 Å². The first-order chi connectivity index (χ1) is 13.3. The van der Waals surface area contributed by atoms with E-state index in [0.29, 0.717) is 5.56 Å². The van der Waals surface area contributed by atoms with Gasteiger partial charge >= 0.3 is 11.8 Å². The summed E-state index contributed by atoms with van der Waals surface area (Å²) in [7, 11) is 0.0753. The van der Waals surface area contributed by atoms with Crippen molar-refractivity contribution in [1.82, 2.24) is 10.6 Å². The molecule has 2 amide bonds. The molecule has 28 heavy (non-hydrogen) atoms. The molecule has 0 aliphatic heterocycles. The molecule has 0 unspecified atom stereocenters. The number of hydrogen-bond acceptors (Lipinski definition) is 6. The average molecular weight is 422 g/mol. The number of hydrogen-bond donors (Lipinski definition) is 2. The molecule has 1 aliphatic rings. The van der Waals surface area contributed by atoms with Gasteiger partial charge in [-0.15, -0.1) is 11.3 Å². The van der Waals surface area contributed by atoms with Crippen LogP contribution in [-0.4, -0.2) is 46.9 Å². The SMILES string of the molecule is CN(C)c1ccc([C@@H](CNC(=O)C(=O)NC2CC2)S(=O)(=O)c2cccs2)cc1. The molecule has 1 fully saturated rings. The van der Waals surface area contributed by atoms with E-state index in [0.717, 1.165) is 29.9 Å². The number of carbonyl (C=O) groups excluding carboxylic acids is 2. The van der Waals surface area contributed by atoms with Crippen molar-refractivity contribution in [2.45, 2.75) is 28.3 Å². The lowest BCUT2D eigenvalue weighted by Crippen LogP contribution is -2.43. The third-order valence-electron chi connectivity index (χ3n) is 4.50. The standard InChI is InChI=1S/C19H23N3O4S2/c1-22(2)15-9-5-13(6-10-15)16(28(25,26)17-4-3-11-27-17)12-20-18(23)19(24)21-14-7-8-14/h3-6,9-11,14,16H,7-8,12H2,1-2H3,(H,20,23)(H,21,24)/t16-/m1/s1. The Morgan fingerprint density at radius 1 is 1.14 bits per heavy atom. The molecule has 1 aromatic heterocycles. The first-order valence-electron chi connectivity index (χ1n) is 8.92. The largest absolute Gasteiger partial charge is 0.378 e. The van der Waals surface area contributed by atoms with E-state index in [1.165, 1.54) is 0 Å². The van der Waals surface area contributed by atoms with Crippen LogP contribution < -0.4 is 15.5 Å². The third-order valence-corrected chi connectivity index (χ3v) is 8.03.